The van der Waals surface area contributed by atoms with Gasteiger partial charge in [0.05, 0.1) is 12.2 Å². The lowest BCUT2D eigenvalue weighted by Gasteiger charge is -2.33. The van der Waals surface area contributed by atoms with Crippen LogP contribution in [0.3, 0.4) is 0 Å². The molecule has 3 aromatic rings. The van der Waals surface area contributed by atoms with E-state index in [0.29, 0.717) is 24.1 Å². The second kappa shape index (κ2) is 6.52. The Labute approximate surface area is 173 Å². The Morgan fingerprint density at radius 2 is 2.07 bits per heavy atom. The number of carbonyl (C=O) groups excluding carboxylic acids is 2. The first-order valence-electron chi connectivity index (χ1n) is 9.88. The summed E-state index contributed by atoms with van der Waals surface area (Å²) in [6.07, 6.45) is 4.02. The summed E-state index contributed by atoms with van der Waals surface area (Å²) in [6.45, 7) is 2.17. The van der Waals surface area contributed by atoms with Crippen molar-refractivity contribution in [3.05, 3.63) is 82.9 Å². The fourth-order valence-corrected chi connectivity index (χ4v) is 4.93. The molecule has 1 fully saturated rings. The number of rotatable bonds is 2. The van der Waals surface area contributed by atoms with E-state index >= 15 is 0 Å². The standard InChI is InChI=1S/C23H21FN4O2/c1-14-7-8-16(24)11-17(14)21(29)28-10-9-23(20(28)15-12-25-27(2)13-15)18-5-3-4-6-19(18)26-22(23)30/h3-8,11-13,20H,9-10H2,1-2H3,(H,26,30). The molecule has 6 nitrogen and oxygen atoms in total. The van der Waals surface area contributed by atoms with E-state index in [1.54, 1.807) is 35.8 Å². The second-order valence-electron chi connectivity index (χ2n) is 8.03. The molecule has 30 heavy (non-hydrogen) atoms. The van der Waals surface area contributed by atoms with Crippen molar-refractivity contribution in [2.75, 3.05) is 11.9 Å². The number of aryl methyl sites for hydroxylation is 2. The number of likely N-dealkylation sites (tertiary alicyclic amines) is 1. The molecule has 2 aliphatic heterocycles. The van der Waals surface area contributed by atoms with Gasteiger partial charge in [-0.2, -0.15) is 5.10 Å². The third-order valence-corrected chi connectivity index (χ3v) is 6.32. The van der Waals surface area contributed by atoms with Crippen LogP contribution >= 0.6 is 0 Å². The molecule has 5 rings (SSSR count). The maximum Gasteiger partial charge on any atom is 0.254 e. The summed E-state index contributed by atoms with van der Waals surface area (Å²) in [6, 6.07) is 11.3. The van der Waals surface area contributed by atoms with E-state index in [4.69, 9.17) is 0 Å². The quantitative estimate of drug-likeness (QED) is 0.712. The number of halogens is 1. The third kappa shape index (κ3) is 2.51. The summed E-state index contributed by atoms with van der Waals surface area (Å²) in [7, 11) is 1.80. The minimum Gasteiger partial charge on any atom is -0.330 e. The highest BCUT2D eigenvalue weighted by Gasteiger charge is 2.59. The molecule has 7 heteroatoms. The maximum absolute atomic E-state index is 13.9. The predicted octanol–water partition coefficient (Wildman–Crippen LogP) is 3.34. The van der Waals surface area contributed by atoms with Crippen LogP contribution in [0.15, 0.2) is 54.9 Å². The van der Waals surface area contributed by atoms with Gasteiger partial charge in [0, 0.05) is 36.6 Å². The summed E-state index contributed by atoms with van der Waals surface area (Å²) in [5, 5.41) is 7.27. The number of nitrogens with one attached hydrogen (secondary N) is 1. The number of para-hydroxylation sites is 1. The first-order valence-corrected chi connectivity index (χ1v) is 9.88. The van der Waals surface area contributed by atoms with E-state index in [2.05, 4.69) is 10.4 Å². The smallest absolute Gasteiger partial charge is 0.254 e. The van der Waals surface area contributed by atoms with Gasteiger partial charge in [0.1, 0.15) is 11.2 Å². The summed E-state index contributed by atoms with van der Waals surface area (Å²) in [5.74, 6) is -0.863. The Hall–Kier alpha value is -3.48. The van der Waals surface area contributed by atoms with Gasteiger partial charge in [0.2, 0.25) is 5.91 Å². The van der Waals surface area contributed by atoms with Crippen LogP contribution in [-0.2, 0) is 17.3 Å². The Kier molecular flexibility index (Phi) is 4.03. The Balaban J connectivity index is 1.68. The average Bonchev–Trinajstić information content (AvgIpc) is 3.40. The van der Waals surface area contributed by atoms with Gasteiger partial charge in [0.25, 0.3) is 5.91 Å². The van der Waals surface area contributed by atoms with Crippen LogP contribution in [0.1, 0.15) is 39.5 Å². The van der Waals surface area contributed by atoms with Crippen molar-refractivity contribution in [2.45, 2.75) is 24.8 Å². The molecule has 2 aromatic carbocycles. The van der Waals surface area contributed by atoms with Crippen molar-refractivity contribution in [3.63, 3.8) is 0 Å². The predicted molar refractivity (Wildman–Crippen MR) is 109 cm³/mol. The van der Waals surface area contributed by atoms with E-state index < -0.39 is 17.3 Å². The molecule has 0 aliphatic carbocycles. The third-order valence-electron chi connectivity index (χ3n) is 6.32. The minimum absolute atomic E-state index is 0.121. The molecule has 2 aliphatic rings. The number of hydrogen-bond acceptors (Lipinski definition) is 3. The number of nitrogens with zero attached hydrogens (tertiary/aromatic N) is 3. The van der Waals surface area contributed by atoms with Crippen molar-refractivity contribution in [1.29, 1.82) is 0 Å². The largest absolute Gasteiger partial charge is 0.330 e. The minimum atomic E-state index is -0.906. The van der Waals surface area contributed by atoms with Crippen molar-refractivity contribution in [2.24, 2.45) is 7.05 Å². The molecule has 1 saturated heterocycles. The lowest BCUT2D eigenvalue weighted by atomic mass is 9.73. The Morgan fingerprint density at radius 3 is 2.83 bits per heavy atom. The number of anilines is 1. The maximum atomic E-state index is 13.9. The molecule has 1 N–H and O–H groups in total. The SMILES string of the molecule is Cc1ccc(F)cc1C(=O)N1CCC2(C(=O)Nc3ccccc32)C1c1cnn(C)c1. The molecule has 152 valence electrons. The zero-order valence-electron chi connectivity index (χ0n) is 16.7. The summed E-state index contributed by atoms with van der Waals surface area (Å²) < 4.78 is 15.6. The van der Waals surface area contributed by atoms with Gasteiger partial charge in [-0.3, -0.25) is 14.3 Å². The number of fused-ring (bicyclic) bond motifs is 2. The van der Waals surface area contributed by atoms with Crippen molar-refractivity contribution < 1.29 is 14.0 Å². The molecule has 2 amide bonds. The highest BCUT2D eigenvalue weighted by Crippen LogP contribution is 2.54. The fourth-order valence-electron chi connectivity index (χ4n) is 4.93. The van der Waals surface area contributed by atoms with Crippen LogP contribution in [0.2, 0.25) is 0 Å². The molecular weight excluding hydrogens is 383 g/mol. The van der Waals surface area contributed by atoms with E-state index in [9.17, 15) is 14.0 Å². The lowest BCUT2D eigenvalue weighted by molar-refractivity contribution is -0.121. The normalized spacial score (nSPS) is 22.4. The van der Waals surface area contributed by atoms with Crippen molar-refractivity contribution >= 4 is 17.5 Å². The lowest BCUT2D eigenvalue weighted by Crippen LogP contribution is -2.42. The second-order valence-corrected chi connectivity index (χ2v) is 8.03. The van der Waals surface area contributed by atoms with Gasteiger partial charge in [-0.1, -0.05) is 24.3 Å². The van der Waals surface area contributed by atoms with Gasteiger partial charge in [-0.25, -0.2) is 4.39 Å². The van der Waals surface area contributed by atoms with Crippen LogP contribution in [0.5, 0.6) is 0 Å². The molecule has 2 unspecified atom stereocenters. The van der Waals surface area contributed by atoms with Crippen LogP contribution in [-0.4, -0.2) is 33.0 Å². The highest BCUT2D eigenvalue weighted by molar-refractivity contribution is 6.08. The number of aromatic nitrogens is 2. The molecular formula is C23H21FN4O2. The number of amides is 2. The molecule has 0 saturated carbocycles. The molecule has 2 atom stereocenters. The van der Waals surface area contributed by atoms with E-state index in [1.165, 1.54) is 12.1 Å². The van der Waals surface area contributed by atoms with Gasteiger partial charge in [-0.05, 0) is 42.7 Å². The number of carbonyl (C=O) groups is 2. The van der Waals surface area contributed by atoms with Crippen LogP contribution in [0, 0.1) is 12.7 Å². The van der Waals surface area contributed by atoms with E-state index in [0.717, 1.165) is 16.8 Å². The monoisotopic (exact) mass is 404 g/mol. The molecule has 0 radical (unpaired) electrons. The Bertz CT molecular complexity index is 1190. The van der Waals surface area contributed by atoms with Crippen molar-refractivity contribution in [3.8, 4) is 0 Å². The average molecular weight is 404 g/mol. The molecule has 3 heterocycles. The van der Waals surface area contributed by atoms with Gasteiger partial charge < -0.3 is 10.2 Å². The molecule has 1 aromatic heterocycles. The zero-order chi connectivity index (χ0) is 21.0. The van der Waals surface area contributed by atoms with Crippen LogP contribution < -0.4 is 5.32 Å². The van der Waals surface area contributed by atoms with E-state index in [-0.39, 0.29) is 11.8 Å². The van der Waals surface area contributed by atoms with Gasteiger partial charge in [-0.15, -0.1) is 0 Å². The summed E-state index contributed by atoms with van der Waals surface area (Å²) in [5.41, 5.74) is 2.54. The highest BCUT2D eigenvalue weighted by atomic mass is 19.1. The van der Waals surface area contributed by atoms with E-state index in [1.807, 2.05) is 30.5 Å². The summed E-state index contributed by atoms with van der Waals surface area (Å²) in [4.78, 5) is 28.6. The fraction of sp³-hybridized carbons (Fsp3) is 0.261. The number of hydrogen-bond donors (Lipinski definition) is 1. The first kappa shape index (κ1) is 18.5. The Morgan fingerprint density at radius 1 is 1.27 bits per heavy atom. The molecule has 0 bridgehead atoms. The summed E-state index contributed by atoms with van der Waals surface area (Å²) >= 11 is 0. The van der Waals surface area contributed by atoms with Crippen LogP contribution in [0.25, 0.3) is 0 Å². The zero-order valence-corrected chi connectivity index (χ0v) is 16.7. The first-order chi connectivity index (χ1) is 14.4. The topological polar surface area (TPSA) is 67.2 Å². The van der Waals surface area contributed by atoms with Gasteiger partial charge >= 0.3 is 0 Å². The van der Waals surface area contributed by atoms with Crippen molar-refractivity contribution in [1.82, 2.24) is 14.7 Å². The number of benzene rings is 2. The molecule has 1 spiro atoms. The van der Waals surface area contributed by atoms with Gasteiger partial charge in [0.15, 0.2) is 0 Å². The van der Waals surface area contributed by atoms with Crippen LogP contribution in [0.4, 0.5) is 10.1 Å².